The van der Waals surface area contributed by atoms with Crippen molar-refractivity contribution in [3.8, 4) is 5.75 Å². The molecule has 3 aromatic rings. The fourth-order valence-corrected chi connectivity index (χ4v) is 4.43. The van der Waals surface area contributed by atoms with Gasteiger partial charge in [0, 0.05) is 34.8 Å². The number of hydrogen-bond donors (Lipinski definition) is 1. The molecule has 0 aliphatic carbocycles. The van der Waals surface area contributed by atoms with Gasteiger partial charge in [-0.05, 0) is 75.1 Å². The number of benzene rings is 2. The van der Waals surface area contributed by atoms with Crippen LogP contribution in [0.5, 0.6) is 5.75 Å². The van der Waals surface area contributed by atoms with E-state index < -0.39 is 0 Å². The second-order valence-corrected chi connectivity index (χ2v) is 8.84. The number of likely N-dealkylation sites (tertiary alicyclic amines) is 1. The van der Waals surface area contributed by atoms with Crippen LogP contribution in [0, 0.1) is 6.92 Å². The number of aryl methyl sites for hydroxylation is 1. The van der Waals surface area contributed by atoms with Crippen LogP contribution in [0.15, 0.2) is 53.4 Å². The maximum absolute atomic E-state index is 12.9. The number of amides is 2. The molecule has 6 nitrogen and oxygen atoms in total. The summed E-state index contributed by atoms with van der Waals surface area (Å²) in [6.45, 7) is 5.17. The number of nitrogens with zero attached hydrogens (tertiary/aromatic N) is 2. The third-order valence-electron chi connectivity index (χ3n) is 5.75. The van der Waals surface area contributed by atoms with Crippen LogP contribution >= 0.6 is 11.3 Å². The topological polar surface area (TPSA) is 71.5 Å². The van der Waals surface area contributed by atoms with Crippen molar-refractivity contribution in [1.82, 2.24) is 9.88 Å². The van der Waals surface area contributed by atoms with Crippen LogP contribution in [0.25, 0.3) is 0 Å². The molecule has 1 atom stereocenters. The minimum absolute atomic E-state index is 0.0585. The number of anilines is 1. The molecule has 166 valence electrons. The second kappa shape index (κ2) is 9.96. The van der Waals surface area contributed by atoms with E-state index in [1.807, 2.05) is 29.3 Å². The number of rotatable bonds is 6. The molecule has 1 unspecified atom stereocenters. The maximum Gasteiger partial charge on any atom is 0.255 e. The van der Waals surface area contributed by atoms with E-state index in [1.54, 1.807) is 35.8 Å². The van der Waals surface area contributed by atoms with Gasteiger partial charge in [-0.25, -0.2) is 4.98 Å². The van der Waals surface area contributed by atoms with Gasteiger partial charge in [0.15, 0.2) is 0 Å². The summed E-state index contributed by atoms with van der Waals surface area (Å²) in [5.41, 5.74) is 5.32. The van der Waals surface area contributed by atoms with Crippen molar-refractivity contribution in [2.75, 3.05) is 11.9 Å². The molecule has 32 heavy (non-hydrogen) atoms. The zero-order chi connectivity index (χ0) is 22.5. The molecule has 0 radical (unpaired) electrons. The average molecular weight is 450 g/mol. The van der Waals surface area contributed by atoms with E-state index in [4.69, 9.17) is 4.74 Å². The van der Waals surface area contributed by atoms with Crippen LogP contribution in [0.1, 0.15) is 58.2 Å². The van der Waals surface area contributed by atoms with Gasteiger partial charge in [-0.2, -0.15) is 0 Å². The van der Waals surface area contributed by atoms with E-state index >= 15 is 0 Å². The van der Waals surface area contributed by atoms with Crippen LogP contribution in [0.2, 0.25) is 0 Å². The van der Waals surface area contributed by atoms with E-state index in [-0.39, 0.29) is 17.9 Å². The lowest BCUT2D eigenvalue weighted by Gasteiger charge is -2.33. The number of aromatic nitrogens is 1. The summed E-state index contributed by atoms with van der Waals surface area (Å²) in [6.07, 6.45) is 3.27. The summed E-state index contributed by atoms with van der Waals surface area (Å²) in [6, 6.07) is 12.8. The van der Waals surface area contributed by atoms with Crippen molar-refractivity contribution in [2.24, 2.45) is 0 Å². The highest BCUT2D eigenvalue weighted by molar-refractivity contribution is 7.07. The van der Waals surface area contributed by atoms with Crippen molar-refractivity contribution < 1.29 is 14.3 Å². The van der Waals surface area contributed by atoms with Gasteiger partial charge in [0.05, 0.1) is 11.2 Å². The first-order valence-electron chi connectivity index (χ1n) is 10.8. The number of piperidine rings is 1. The fraction of sp³-hybridized carbons (Fsp3) is 0.320. The summed E-state index contributed by atoms with van der Waals surface area (Å²) in [5.74, 6) is 0.443. The number of carbonyl (C=O) groups excluding carboxylic acids is 2. The van der Waals surface area contributed by atoms with Gasteiger partial charge in [-0.1, -0.05) is 6.07 Å². The van der Waals surface area contributed by atoms with E-state index in [9.17, 15) is 9.59 Å². The van der Waals surface area contributed by atoms with Crippen LogP contribution in [-0.4, -0.2) is 34.3 Å². The quantitative estimate of drug-likeness (QED) is 0.554. The number of thiazole rings is 1. The molecule has 0 bridgehead atoms. The van der Waals surface area contributed by atoms with Gasteiger partial charge in [0.25, 0.3) is 11.8 Å². The van der Waals surface area contributed by atoms with Crippen molar-refractivity contribution in [3.63, 3.8) is 0 Å². The number of carbonyl (C=O) groups is 2. The number of ether oxygens (including phenoxy) is 1. The average Bonchev–Trinajstić information content (AvgIpc) is 3.33. The Labute approximate surface area is 192 Å². The monoisotopic (exact) mass is 449 g/mol. The van der Waals surface area contributed by atoms with Gasteiger partial charge < -0.3 is 15.0 Å². The van der Waals surface area contributed by atoms with Crippen LogP contribution in [0.3, 0.4) is 0 Å². The SMILES string of the molecule is Cc1cc(C(=O)N2CCCCC2C)ccc1NC(=O)c1cccc(OCc2cscn2)c1. The van der Waals surface area contributed by atoms with Crippen LogP contribution in [0.4, 0.5) is 5.69 Å². The molecule has 1 N–H and O–H groups in total. The van der Waals surface area contributed by atoms with E-state index in [0.29, 0.717) is 29.2 Å². The zero-order valence-corrected chi connectivity index (χ0v) is 19.2. The Bertz CT molecular complexity index is 1100. The molecular formula is C25H27N3O3S. The Balaban J connectivity index is 1.42. The van der Waals surface area contributed by atoms with Crippen molar-refractivity contribution in [1.29, 1.82) is 0 Å². The lowest BCUT2D eigenvalue weighted by Crippen LogP contribution is -2.42. The molecule has 1 saturated heterocycles. The second-order valence-electron chi connectivity index (χ2n) is 8.12. The molecule has 2 heterocycles. The van der Waals surface area contributed by atoms with E-state index in [2.05, 4.69) is 17.2 Å². The van der Waals surface area contributed by atoms with E-state index in [0.717, 1.165) is 30.6 Å². The summed E-state index contributed by atoms with van der Waals surface area (Å²) >= 11 is 1.52. The Hall–Kier alpha value is -3.19. The van der Waals surface area contributed by atoms with Crippen LogP contribution in [-0.2, 0) is 6.61 Å². The molecule has 1 aromatic heterocycles. The normalized spacial score (nSPS) is 15.9. The molecule has 0 spiro atoms. The largest absolute Gasteiger partial charge is 0.487 e. The van der Waals surface area contributed by atoms with Gasteiger partial charge in [0.1, 0.15) is 12.4 Å². The molecule has 2 amide bonds. The molecule has 7 heteroatoms. The molecule has 1 aliphatic heterocycles. The minimum atomic E-state index is -0.226. The Morgan fingerprint density at radius 1 is 1.19 bits per heavy atom. The van der Waals surface area contributed by atoms with Gasteiger partial charge in [0.2, 0.25) is 0 Å². The van der Waals surface area contributed by atoms with E-state index in [1.165, 1.54) is 17.8 Å². The number of nitrogens with one attached hydrogen (secondary N) is 1. The highest BCUT2D eigenvalue weighted by Crippen LogP contribution is 2.23. The first-order valence-corrected chi connectivity index (χ1v) is 11.8. The molecule has 4 rings (SSSR count). The standard InChI is InChI=1S/C25H27N3O3S/c1-17-12-20(25(30)28-11-4-3-6-18(28)2)9-10-23(17)27-24(29)19-7-5-8-22(13-19)31-14-21-15-32-16-26-21/h5,7-10,12-13,15-16,18H,3-4,6,11,14H2,1-2H3,(H,27,29). The van der Waals surface area contributed by atoms with Gasteiger partial charge in [-0.15, -0.1) is 11.3 Å². The Morgan fingerprint density at radius 2 is 2.06 bits per heavy atom. The lowest BCUT2D eigenvalue weighted by molar-refractivity contribution is 0.0635. The summed E-state index contributed by atoms with van der Waals surface area (Å²) in [5, 5.41) is 4.88. The van der Waals surface area contributed by atoms with Gasteiger partial charge in [-0.3, -0.25) is 9.59 Å². The molecule has 0 saturated carbocycles. The smallest absolute Gasteiger partial charge is 0.255 e. The van der Waals surface area contributed by atoms with Crippen molar-refractivity contribution in [3.05, 3.63) is 75.7 Å². The lowest BCUT2D eigenvalue weighted by atomic mass is 10.0. The summed E-state index contributed by atoms with van der Waals surface area (Å²) in [4.78, 5) is 31.9. The third-order valence-corrected chi connectivity index (χ3v) is 6.39. The molecule has 2 aromatic carbocycles. The summed E-state index contributed by atoms with van der Waals surface area (Å²) < 4.78 is 5.75. The molecule has 1 aliphatic rings. The van der Waals surface area contributed by atoms with Crippen LogP contribution < -0.4 is 10.1 Å². The van der Waals surface area contributed by atoms with Crippen molar-refractivity contribution >= 4 is 28.8 Å². The Kier molecular flexibility index (Phi) is 6.85. The molecular weight excluding hydrogens is 422 g/mol. The fourth-order valence-electron chi connectivity index (χ4n) is 3.89. The first kappa shape index (κ1) is 22.0. The highest BCUT2D eigenvalue weighted by atomic mass is 32.1. The number of hydrogen-bond acceptors (Lipinski definition) is 5. The third kappa shape index (κ3) is 5.16. The molecule has 1 fully saturated rings. The van der Waals surface area contributed by atoms with Crippen molar-refractivity contribution in [2.45, 2.75) is 45.8 Å². The minimum Gasteiger partial charge on any atom is -0.487 e. The highest BCUT2D eigenvalue weighted by Gasteiger charge is 2.24. The predicted molar refractivity (Wildman–Crippen MR) is 126 cm³/mol. The predicted octanol–water partition coefficient (Wildman–Crippen LogP) is 5.30. The Morgan fingerprint density at radius 3 is 2.81 bits per heavy atom. The van der Waals surface area contributed by atoms with Gasteiger partial charge >= 0.3 is 0 Å². The summed E-state index contributed by atoms with van der Waals surface area (Å²) in [7, 11) is 0. The first-order chi connectivity index (χ1) is 15.5. The maximum atomic E-state index is 12.9. The zero-order valence-electron chi connectivity index (χ0n) is 18.3.